The summed E-state index contributed by atoms with van der Waals surface area (Å²) in [7, 11) is 0. The first-order chi connectivity index (χ1) is 16.2. The van der Waals surface area contributed by atoms with Crippen molar-refractivity contribution in [2.75, 3.05) is 11.4 Å². The maximum absolute atomic E-state index is 13.3. The van der Waals surface area contributed by atoms with E-state index in [4.69, 9.17) is 33.3 Å². The van der Waals surface area contributed by atoms with Gasteiger partial charge in [-0.2, -0.15) is 0 Å². The summed E-state index contributed by atoms with van der Waals surface area (Å²) in [4.78, 5) is 40.2. The van der Waals surface area contributed by atoms with Gasteiger partial charge >= 0.3 is 5.97 Å². The first-order valence-corrected chi connectivity index (χ1v) is 11.1. The van der Waals surface area contributed by atoms with Gasteiger partial charge in [0.15, 0.2) is 5.11 Å². The van der Waals surface area contributed by atoms with Gasteiger partial charge in [0.2, 0.25) is 0 Å². The van der Waals surface area contributed by atoms with Crippen LogP contribution in [0.3, 0.4) is 0 Å². The van der Waals surface area contributed by atoms with E-state index in [1.807, 2.05) is 0 Å². The van der Waals surface area contributed by atoms with Crippen molar-refractivity contribution in [3.05, 3.63) is 82.1 Å². The van der Waals surface area contributed by atoms with Crippen LogP contribution in [0.5, 0.6) is 0 Å². The van der Waals surface area contributed by atoms with Gasteiger partial charge in [0.25, 0.3) is 11.8 Å². The van der Waals surface area contributed by atoms with Gasteiger partial charge < -0.3 is 9.52 Å². The van der Waals surface area contributed by atoms with Crippen LogP contribution in [0, 0.1) is 6.92 Å². The van der Waals surface area contributed by atoms with Crippen molar-refractivity contribution in [2.45, 2.75) is 13.8 Å². The molecule has 0 saturated carbocycles. The number of amides is 2. The zero-order valence-electron chi connectivity index (χ0n) is 18.2. The monoisotopic (exact) mass is 494 g/mol. The zero-order chi connectivity index (χ0) is 24.6. The number of hydrogen-bond donors (Lipinski definition) is 1. The lowest BCUT2D eigenvalue weighted by atomic mass is 10.0. The number of carbonyl (C=O) groups excluding carboxylic acids is 2. The van der Waals surface area contributed by atoms with Gasteiger partial charge in [0.1, 0.15) is 17.1 Å². The van der Waals surface area contributed by atoms with E-state index in [1.165, 1.54) is 21.9 Å². The summed E-state index contributed by atoms with van der Waals surface area (Å²) in [6.07, 6.45) is 1.39. The van der Waals surface area contributed by atoms with Crippen LogP contribution in [-0.4, -0.2) is 39.4 Å². The predicted octanol–water partition coefficient (Wildman–Crippen LogP) is 5.17. The molecule has 0 unspecified atom stereocenters. The maximum Gasteiger partial charge on any atom is 0.335 e. The highest BCUT2D eigenvalue weighted by Gasteiger charge is 2.39. The number of likely N-dealkylation sites (N-methyl/N-ethyl adjacent to an activating group) is 1. The maximum atomic E-state index is 13.3. The molecule has 172 valence electrons. The number of hydrogen-bond acceptors (Lipinski definition) is 5. The minimum Gasteiger partial charge on any atom is -0.478 e. The van der Waals surface area contributed by atoms with Gasteiger partial charge in [0.05, 0.1) is 11.3 Å². The molecular formula is C25H19ClN2O5S. The molecule has 0 aliphatic carbocycles. The molecule has 0 spiro atoms. The summed E-state index contributed by atoms with van der Waals surface area (Å²) in [6.45, 7) is 3.83. The van der Waals surface area contributed by atoms with Crippen molar-refractivity contribution in [1.29, 1.82) is 0 Å². The van der Waals surface area contributed by atoms with Crippen LogP contribution in [0.4, 0.5) is 5.69 Å². The van der Waals surface area contributed by atoms with Gasteiger partial charge in [-0.05, 0) is 86.2 Å². The highest BCUT2D eigenvalue weighted by Crippen LogP contribution is 2.30. The van der Waals surface area contributed by atoms with E-state index in [2.05, 4.69) is 0 Å². The highest BCUT2D eigenvalue weighted by molar-refractivity contribution is 7.80. The Morgan fingerprint density at radius 3 is 2.41 bits per heavy atom. The third kappa shape index (κ3) is 4.25. The predicted molar refractivity (Wildman–Crippen MR) is 133 cm³/mol. The van der Waals surface area contributed by atoms with Gasteiger partial charge in [0, 0.05) is 17.1 Å². The summed E-state index contributed by atoms with van der Waals surface area (Å²) >= 11 is 11.4. The van der Waals surface area contributed by atoms with E-state index in [0.29, 0.717) is 27.8 Å². The van der Waals surface area contributed by atoms with E-state index in [1.54, 1.807) is 62.4 Å². The smallest absolute Gasteiger partial charge is 0.335 e. The zero-order valence-corrected chi connectivity index (χ0v) is 19.8. The lowest BCUT2D eigenvalue weighted by molar-refractivity contribution is -0.127. The highest BCUT2D eigenvalue weighted by atomic mass is 35.5. The van der Waals surface area contributed by atoms with Crippen LogP contribution < -0.4 is 4.90 Å². The summed E-state index contributed by atoms with van der Waals surface area (Å²) in [6, 6.07) is 14.6. The Morgan fingerprint density at radius 1 is 1.09 bits per heavy atom. The van der Waals surface area contributed by atoms with E-state index in [-0.39, 0.29) is 22.8 Å². The number of furan rings is 1. The quantitative estimate of drug-likeness (QED) is 0.299. The average Bonchev–Trinajstić information content (AvgIpc) is 3.26. The molecule has 1 aromatic heterocycles. The molecule has 4 rings (SSSR count). The van der Waals surface area contributed by atoms with Crippen LogP contribution >= 0.6 is 23.8 Å². The summed E-state index contributed by atoms with van der Waals surface area (Å²) in [5.41, 5.74) is 1.99. The number of benzene rings is 2. The third-order valence-electron chi connectivity index (χ3n) is 5.38. The number of rotatable bonds is 5. The minimum atomic E-state index is -1.02. The van der Waals surface area contributed by atoms with Gasteiger partial charge in [-0.25, -0.2) is 4.79 Å². The van der Waals surface area contributed by atoms with E-state index < -0.39 is 17.8 Å². The van der Waals surface area contributed by atoms with E-state index >= 15 is 0 Å². The standard InChI is InChI=1S/C25H19ClN2O5S/c1-3-27-22(29)20(23(30)28(25(27)34)17-7-5-16(26)6-8-17)13-18-9-11-21(33-18)19-10-4-15(24(31)32)12-14(19)2/h4-13H,3H2,1-2H3,(H,31,32)/b20-13+. The van der Waals surface area contributed by atoms with Crippen LogP contribution in [-0.2, 0) is 9.59 Å². The summed E-state index contributed by atoms with van der Waals surface area (Å²) < 4.78 is 5.89. The Kier molecular flexibility index (Phi) is 6.37. The molecule has 1 aliphatic rings. The molecule has 2 amide bonds. The Hall–Kier alpha value is -3.75. The number of halogens is 1. The van der Waals surface area contributed by atoms with Crippen molar-refractivity contribution in [2.24, 2.45) is 0 Å². The molecule has 7 nitrogen and oxygen atoms in total. The normalized spacial score (nSPS) is 15.4. The molecule has 1 fully saturated rings. The SMILES string of the molecule is CCN1C(=O)/C(=C\c2ccc(-c3ccc(C(=O)O)cc3C)o2)C(=O)N(c2ccc(Cl)cc2)C1=S. The fourth-order valence-corrected chi connectivity index (χ4v) is 4.19. The second-order valence-corrected chi connectivity index (χ2v) is 8.35. The van der Waals surface area contributed by atoms with Gasteiger partial charge in [-0.1, -0.05) is 17.7 Å². The number of thiocarbonyl (C=S) groups is 1. The fraction of sp³-hybridized carbons (Fsp3) is 0.120. The van der Waals surface area contributed by atoms with Gasteiger partial charge in [-0.3, -0.25) is 19.4 Å². The number of nitrogens with zero attached hydrogens (tertiary/aromatic N) is 2. The van der Waals surface area contributed by atoms with Crippen molar-refractivity contribution in [1.82, 2.24) is 4.90 Å². The first-order valence-electron chi connectivity index (χ1n) is 10.3. The summed E-state index contributed by atoms with van der Waals surface area (Å²) in [5, 5.41) is 9.76. The fourth-order valence-electron chi connectivity index (χ4n) is 3.66. The Balaban J connectivity index is 1.72. The molecule has 2 heterocycles. The summed E-state index contributed by atoms with van der Waals surface area (Å²) in [5.74, 6) is -1.31. The van der Waals surface area contributed by atoms with Gasteiger partial charge in [-0.15, -0.1) is 0 Å². The van der Waals surface area contributed by atoms with Crippen LogP contribution in [0.15, 0.2) is 64.6 Å². The molecule has 3 aromatic rings. The molecule has 0 bridgehead atoms. The molecule has 9 heteroatoms. The topological polar surface area (TPSA) is 91.1 Å². The van der Waals surface area contributed by atoms with E-state index in [9.17, 15) is 14.4 Å². The lowest BCUT2D eigenvalue weighted by Gasteiger charge is -2.35. The lowest BCUT2D eigenvalue weighted by Crippen LogP contribution is -2.56. The molecule has 1 N–H and O–H groups in total. The molecule has 34 heavy (non-hydrogen) atoms. The number of anilines is 1. The number of aryl methyl sites for hydroxylation is 1. The van der Waals surface area contributed by atoms with Crippen LogP contribution in [0.1, 0.15) is 28.6 Å². The number of aromatic carboxylic acids is 1. The number of carboxylic acid groups (broad SMARTS) is 1. The van der Waals surface area contributed by atoms with E-state index in [0.717, 1.165) is 5.56 Å². The van der Waals surface area contributed by atoms with Crippen molar-refractivity contribution < 1.29 is 23.9 Å². The molecule has 1 saturated heterocycles. The second kappa shape index (κ2) is 9.24. The number of carbonyl (C=O) groups is 3. The van der Waals surface area contributed by atoms with Crippen LogP contribution in [0.2, 0.25) is 5.02 Å². The van der Waals surface area contributed by atoms with Crippen molar-refractivity contribution in [3.8, 4) is 11.3 Å². The minimum absolute atomic E-state index is 0.0891. The van der Waals surface area contributed by atoms with Crippen molar-refractivity contribution >= 4 is 58.5 Å². The third-order valence-corrected chi connectivity index (χ3v) is 6.04. The Bertz CT molecular complexity index is 1360. The molecule has 0 atom stereocenters. The largest absolute Gasteiger partial charge is 0.478 e. The first kappa shape index (κ1) is 23.4. The average molecular weight is 495 g/mol. The second-order valence-electron chi connectivity index (χ2n) is 7.54. The molecular weight excluding hydrogens is 476 g/mol. The Labute approximate surface area is 205 Å². The van der Waals surface area contributed by atoms with Crippen LogP contribution in [0.25, 0.3) is 17.4 Å². The molecule has 0 radical (unpaired) electrons. The van der Waals surface area contributed by atoms with Crippen molar-refractivity contribution in [3.63, 3.8) is 0 Å². The molecule has 2 aromatic carbocycles. The molecule has 1 aliphatic heterocycles. The Morgan fingerprint density at radius 2 is 1.79 bits per heavy atom. The number of carboxylic acids is 1.